The molecule has 2 rings (SSSR count). The molecule has 0 atom stereocenters. The molecule has 0 bridgehead atoms. The van der Waals surface area contributed by atoms with Crippen LogP contribution in [-0.2, 0) is 16.6 Å². The van der Waals surface area contributed by atoms with Gasteiger partial charge in [-0.1, -0.05) is 0 Å². The molecular weight excluding hydrogens is 254 g/mol. The first-order valence-corrected chi connectivity index (χ1v) is 6.77. The first-order valence-electron chi connectivity index (χ1n) is 5.28. The lowest BCUT2D eigenvalue weighted by atomic mass is 10.4. The van der Waals surface area contributed by atoms with E-state index in [-0.39, 0.29) is 10.7 Å². The summed E-state index contributed by atoms with van der Waals surface area (Å²) in [4.78, 5) is 3.78. The minimum atomic E-state index is -3.72. The summed E-state index contributed by atoms with van der Waals surface area (Å²) in [7, 11) is -3.72. The molecule has 0 aliphatic rings. The van der Waals surface area contributed by atoms with Crippen LogP contribution in [0.3, 0.4) is 0 Å². The van der Waals surface area contributed by atoms with Crippen LogP contribution >= 0.6 is 0 Å². The van der Waals surface area contributed by atoms with Crippen molar-refractivity contribution in [2.45, 2.75) is 18.4 Å². The topological polar surface area (TPSA) is 103 Å². The minimum absolute atomic E-state index is 0.0154. The van der Waals surface area contributed by atoms with Gasteiger partial charge in [0, 0.05) is 25.1 Å². The van der Waals surface area contributed by atoms with Crippen molar-refractivity contribution in [3.63, 3.8) is 0 Å². The van der Waals surface area contributed by atoms with E-state index in [1.165, 1.54) is 23.3 Å². The normalized spacial score (nSPS) is 11.4. The second-order valence-corrected chi connectivity index (χ2v) is 5.23. The maximum absolute atomic E-state index is 12.1. The molecule has 7 nitrogen and oxygen atoms in total. The Labute approximate surface area is 105 Å². The molecule has 0 radical (unpaired) electrons. The van der Waals surface area contributed by atoms with E-state index >= 15 is 0 Å². The summed E-state index contributed by atoms with van der Waals surface area (Å²) in [6.45, 7) is 2.40. The first kappa shape index (κ1) is 12.4. The number of nitrogens with zero attached hydrogens (tertiary/aromatic N) is 3. The van der Waals surface area contributed by atoms with E-state index in [1.807, 2.05) is 6.92 Å². The molecule has 0 spiro atoms. The molecule has 0 saturated heterocycles. The van der Waals surface area contributed by atoms with Gasteiger partial charge in [0.05, 0.1) is 5.69 Å². The molecule has 96 valence electrons. The number of sulfonamides is 1. The highest BCUT2D eigenvalue weighted by molar-refractivity contribution is 7.92. The average molecular weight is 267 g/mol. The van der Waals surface area contributed by atoms with E-state index < -0.39 is 10.0 Å². The van der Waals surface area contributed by atoms with Gasteiger partial charge in [0.25, 0.3) is 10.0 Å². The lowest BCUT2D eigenvalue weighted by Gasteiger charge is -2.05. The van der Waals surface area contributed by atoms with E-state index in [1.54, 1.807) is 12.1 Å². The van der Waals surface area contributed by atoms with Crippen molar-refractivity contribution in [3.05, 3.63) is 30.7 Å². The highest BCUT2D eigenvalue weighted by atomic mass is 32.2. The van der Waals surface area contributed by atoms with Crippen molar-refractivity contribution in [2.75, 3.05) is 10.5 Å². The van der Waals surface area contributed by atoms with E-state index in [4.69, 9.17) is 5.73 Å². The van der Waals surface area contributed by atoms with Gasteiger partial charge in [0.2, 0.25) is 0 Å². The van der Waals surface area contributed by atoms with Crippen molar-refractivity contribution in [1.82, 2.24) is 14.8 Å². The molecule has 0 fully saturated rings. The molecule has 2 aromatic heterocycles. The van der Waals surface area contributed by atoms with E-state index in [0.29, 0.717) is 12.2 Å². The fourth-order valence-electron chi connectivity index (χ4n) is 1.42. The van der Waals surface area contributed by atoms with Crippen LogP contribution in [0.2, 0.25) is 0 Å². The molecule has 8 heteroatoms. The van der Waals surface area contributed by atoms with Crippen molar-refractivity contribution < 1.29 is 8.42 Å². The van der Waals surface area contributed by atoms with Crippen LogP contribution in [0, 0.1) is 0 Å². The van der Waals surface area contributed by atoms with Gasteiger partial charge in [0.15, 0.2) is 5.82 Å². The van der Waals surface area contributed by atoms with Crippen LogP contribution in [-0.4, -0.2) is 23.2 Å². The van der Waals surface area contributed by atoms with Crippen molar-refractivity contribution in [2.24, 2.45) is 0 Å². The van der Waals surface area contributed by atoms with Gasteiger partial charge in [-0.2, -0.15) is 5.10 Å². The fourth-order valence-corrected chi connectivity index (χ4v) is 2.55. The van der Waals surface area contributed by atoms with Gasteiger partial charge in [-0.05, 0) is 19.1 Å². The maximum Gasteiger partial charge on any atom is 0.267 e. The molecular formula is C10H13N5O2S. The fraction of sp³-hybridized carbons (Fsp3) is 0.200. The Balaban J connectivity index is 2.34. The second-order valence-electron chi connectivity index (χ2n) is 3.58. The summed E-state index contributed by atoms with van der Waals surface area (Å²) < 4.78 is 28.1. The third kappa shape index (κ3) is 2.43. The highest BCUT2D eigenvalue weighted by Crippen LogP contribution is 2.19. The highest BCUT2D eigenvalue weighted by Gasteiger charge is 2.20. The third-order valence-corrected chi connectivity index (χ3v) is 3.70. The first-order chi connectivity index (χ1) is 8.53. The molecule has 0 unspecified atom stereocenters. The quantitative estimate of drug-likeness (QED) is 0.848. The lowest BCUT2D eigenvalue weighted by Crippen LogP contribution is -2.13. The number of rotatable bonds is 4. The second kappa shape index (κ2) is 4.65. The molecule has 2 heterocycles. The van der Waals surface area contributed by atoms with Crippen LogP contribution in [0.1, 0.15) is 6.92 Å². The Bertz CT molecular complexity index is 636. The predicted octanol–water partition coefficient (Wildman–Crippen LogP) is 0.681. The summed E-state index contributed by atoms with van der Waals surface area (Å²) in [6, 6.07) is 3.11. The molecule has 0 amide bonds. The Hall–Kier alpha value is -2.09. The Morgan fingerprint density at radius 1 is 1.39 bits per heavy atom. The molecule has 0 aliphatic carbocycles. The summed E-state index contributed by atoms with van der Waals surface area (Å²) in [6.07, 6.45) is 4.40. The van der Waals surface area contributed by atoms with E-state index in [2.05, 4.69) is 14.8 Å². The van der Waals surface area contributed by atoms with Gasteiger partial charge in [-0.25, -0.2) is 8.42 Å². The van der Waals surface area contributed by atoms with Gasteiger partial charge >= 0.3 is 0 Å². The molecule has 2 aromatic rings. The molecule has 0 aliphatic heterocycles. The van der Waals surface area contributed by atoms with Crippen LogP contribution in [0.15, 0.2) is 35.6 Å². The standard InChI is InChI=1S/C10H13N5O2S/c1-2-15-7-9(10(11)13-15)18(16,17)14-8-3-5-12-6-4-8/h3-7H,2H2,1H3,(H2,11,13)(H,12,14). The average Bonchev–Trinajstić information content (AvgIpc) is 2.72. The zero-order chi connectivity index (χ0) is 13.2. The molecule has 0 saturated carbocycles. The largest absolute Gasteiger partial charge is 0.381 e. The van der Waals surface area contributed by atoms with Gasteiger partial charge in [0.1, 0.15) is 4.90 Å². The number of nitrogen functional groups attached to an aromatic ring is 1. The zero-order valence-electron chi connectivity index (χ0n) is 9.74. The smallest absolute Gasteiger partial charge is 0.267 e. The summed E-state index contributed by atoms with van der Waals surface area (Å²) in [5, 5.41) is 3.90. The van der Waals surface area contributed by atoms with Crippen molar-refractivity contribution in [3.8, 4) is 0 Å². The molecule has 18 heavy (non-hydrogen) atoms. The number of pyridine rings is 1. The number of anilines is 2. The zero-order valence-corrected chi connectivity index (χ0v) is 10.6. The van der Waals surface area contributed by atoms with Gasteiger partial charge in [-0.15, -0.1) is 0 Å². The SMILES string of the molecule is CCn1cc(S(=O)(=O)Nc2ccncc2)c(N)n1. The van der Waals surface area contributed by atoms with Gasteiger partial charge in [-0.3, -0.25) is 14.4 Å². The number of hydrogen-bond acceptors (Lipinski definition) is 5. The van der Waals surface area contributed by atoms with Crippen molar-refractivity contribution >= 4 is 21.5 Å². The molecule has 3 N–H and O–H groups in total. The number of aromatic nitrogens is 3. The number of hydrogen-bond donors (Lipinski definition) is 2. The number of nitrogens with two attached hydrogens (primary N) is 1. The number of aryl methyl sites for hydroxylation is 1. The summed E-state index contributed by atoms with van der Waals surface area (Å²) >= 11 is 0. The van der Waals surface area contributed by atoms with Gasteiger partial charge < -0.3 is 5.73 Å². The lowest BCUT2D eigenvalue weighted by molar-refractivity contribution is 0.600. The van der Waals surface area contributed by atoms with Crippen LogP contribution < -0.4 is 10.5 Å². The number of nitrogens with one attached hydrogen (secondary N) is 1. The van der Waals surface area contributed by atoms with Crippen LogP contribution in [0.25, 0.3) is 0 Å². The van der Waals surface area contributed by atoms with E-state index in [9.17, 15) is 8.42 Å². The Morgan fingerprint density at radius 3 is 2.61 bits per heavy atom. The Morgan fingerprint density at radius 2 is 2.06 bits per heavy atom. The van der Waals surface area contributed by atoms with E-state index in [0.717, 1.165) is 0 Å². The Kier molecular flexibility index (Phi) is 3.19. The third-order valence-electron chi connectivity index (χ3n) is 2.30. The van der Waals surface area contributed by atoms with Crippen LogP contribution in [0.5, 0.6) is 0 Å². The maximum atomic E-state index is 12.1. The predicted molar refractivity (Wildman–Crippen MR) is 67.4 cm³/mol. The van der Waals surface area contributed by atoms with Crippen LogP contribution in [0.4, 0.5) is 11.5 Å². The summed E-state index contributed by atoms with van der Waals surface area (Å²) in [5.74, 6) is -0.0154. The van der Waals surface area contributed by atoms with Crippen molar-refractivity contribution in [1.29, 1.82) is 0 Å². The molecule has 0 aromatic carbocycles. The monoisotopic (exact) mass is 267 g/mol. The minimum Gasteiger partial charge on any atom is -0.381 e. The summed E-state index contributed by atoms with van der Waals surface area (Å²) in [5.41, 5.74) is 6.02.